The van der Waals surface area contributed by atoms with Gasteiger partial charge in [-0.15, -0.1) is 0 Å². The smallest absolute Gasteiger partial charge is 0.238 e. The SMILES string of the molecule is CCCNC(=O)CCNC(C)c1cccc(S(N)(=O)=O)c1. The molecule has 0 aliphatic heterocycles. The molecule has 1 rings (SSSR count). The highest BCUT2D eigenvalue weighted by atomic mass is 32.2. The monoisotopic (exact) mass is 313 g/mol. The summed E-state index contributed by atoms with van der Waals surface area (Å²) in [5.41, 5.74) is 0.815. The third-order valence-electron chi connectivity index (χ3n) is 3.06. The number of carbonyl (C=O) groups is 1. The molecule has 0 aliphatic carbocycles. The zero-order valence-corrected chi connectivity index (χ0v) is 13.2. The van der Waals surface area contributed by atoms with Crippen LogP contribution in [0.15, 0.2) is 29.2 Å². The van der Waals surface area contributed by atoms with Gasteiger partial charge in [0.2, 0.25) is 15.9 Å². The summed E-state index contributed by atoms with van der Waals surface area (Å²) in [7, 11) is -3.69. The van der Waals surface area contributed by atoms with Gasteiger partial charge in [0.25, 0.3) is 0 Å². The Labute approximate surface area is 126 Å². The van der Waals surface area contributed by atoms with Gasteiger partial charge in [-0.3, -0.25) is 4.79 Å². The van der Waals surface area contributed by atoms with E-state index in [0.717, 1.165) is 12.0 Å². The van der Waals surface area contributed by atoms with E-state index in [0.29, 0.717) is 19.5 Å². The lowest BCUT2D eigenvalue weighted by molar-refractivity contribution is -0.121. The molecule has 1 aromatic rings. The van der Waals surface area contributed by atoms with E-state index in [2.05, 4.69) is 10.6 Å². The second-order valence-electron chi connectivity index (χ2n) is 4.89. The quantitative estimate of drug-likeness (QED) is 0.663. The zero-order chi connectivity index (χ0) is 15.9. The third-order valence-corrected chi connectivity index (χ3v) is 3.97. The van der Waals surface area contributed by atoms with E-state index in [1.165, 1.54) is 6.07 Å². The van der Waals surface area contributed by atoms with E-state index >= 15 is 0 Å². The minimum atomic E-state index is -3.69. The Morgan fingerprint density at radius 2 is 2.05 bits per heavy atom. The summed E-state index contributed by atoms with van der Waals surface area (Å²) >= 11 is 0. The molecule has 1 atom stereocenters. The third kappa shape index (κ3) is 6.24. The first kappa shape index (κ1) is 17.6. The van der Waals surface area contributed by atoms with Gasteiger partial charge in [0.1, 0.15) is 0 Å². The summed E-state index contributed by atoms with van der Waals surface area (Å²) in [5, 5.41) is 11.1. The first-order valence-corrected chi connectivity index (χ1v) is 8.52. The molecule has 0 saturated carbocycles. The van der Waals surface area contributed by atoms with Gasteiger partial charge in [0.15, 0.2) is 0 Å². The topological polar surface area (TPSA) is 101 Å². The van der Waals surface area contributed by atoms with Crippen molar-refractivity contribution in [3.63, 3.8) is 0 Å². The fourth-order valence-corrected chi connectivity index (χ4v) is 2.40. The van der Waals surface area contributed by atoms with E-state index in [9.17, 15) is 13.2 Å². The van der Waals surface area contributed by atoms with Crippen molar-refractivity contribution >= 4 is 15.9 Å². The van der Waals surface area contributed by atoms with Gasteiger partial charge >= 0.3 is 0 Å². The molecule has 0 fully saturated rings. The molecule has 0 aliphatic rings. The molecule has 0 bridgehead atoms. The van der Waals surface area contributed by atoms with Crippen LogP contribution in [0.5, 0.6) is 0 Å². The molecule has 7 heteroatoms. The van der Waals surface area contributed by atoms with Crippen LogP contribution in [-0.2, 0) is 14.8 Å². The summed E-state index contributed by atoms with van der Waals surface area (Å²) in [6.07, 6.45) is 1.30. The molecule has 1 amide bonds. The van der Waals surface area contributed by atoms with Crippen molar-refractivity contribution in [1.82, 2.24) is 10.6 Å². The Kier molecular flexibility index (Phi) is 6.80. The predicted molar refractivity (Wildman–Crippen MR) is 82.2 cm³/mol. The average Bonchev–Trinajstić information content (AvgIpc) is 2.44. The Morgan fingerprint density at radius 3 is 2.67 bits per heavy atom. The van der Waals surface area contributed by atoms with Crippen LogP contribution in [0, 0.1) is 0 Å². The standard InChI is InChI=1S/C14H23N3O3S/c1-3-8-17-14(18)7-9-16-11(2)12-5-4-6-13(10-12)21(15,19)20/h4-6,10-11,16H,3,7-9H2,1-2H3,(H,17,18)(H2,15,19,20). The number of hydrogen-bond donors (Lipinski definition) is 3. The number of amides is 1. The molecule has 21 heavy (non-hydrogen) atoms. The van der Waals surface area contributed by atoms with Gasteiger partial charge in [-0.1, -0.05) is 19.1 Å². The van der Waals surface area contributed by atoms with E-state index < -0.39 is 10.0 Å². The number of nitrogens with two attached hydrogens (primary N) is 1. The van der Waals surface area contributed by atoms with Gasteiger partial charge in [-0.05, 0) is 31.0 Å². The number of sulfonamides is 1. The Hall–Kier alpha value is -1.44. The molecule has 1 unspecified atom stereocenters. The van der Waals surface area contributed by atoms with Crippen LogP contribution in [0.2, 0.25) is 0 Å². The van der Waals surface area contributed by atoms with Crippen LogP contribution >= 0.6 is 0 Å². The summed E-state index contributed by atoms with van der Waals surface area (Å²) in [6.45, 7) is 5.12. The summed E-state index contributed by atoms with van der Waals surface area (Å²) in [4.78, 5) is 11.6. The second kappa shape index (κ2) is 8.11. The Balaban J connectivity index is 2.53. The number of hydrogen-bond acceptors (Lipinski definition) is 4. The fraction of sp³-hybridized carbons (Fsp3) is 0.500. The molecular formula is C14H23N3O3S. The van der Waals surface area contributed by atoms with E-state index in [-0.39, 0.29) is 16.8 Å². The summed E-state index contributed by atoms with van der Waals surface area (Å²) < 4.78 is 22.6. The second-order valence-corrected chi connectivity index (χ2v) is 6.45. The molecule has 118 valence electrons. The maximum absolute atomic E-state index is 11.5. The zero-order valence-electron chi connectivity index (χ0n) is 12.4. The first-order valence-electron chi connectivity index (χ1n) is 6.97. The molecule has 0 heterocycles. The van der Waals surface area contributed by atoms with Crippen molar-refractivity contribution in [2.24, 2.45) is 5.14 Å². The average molecular weight is 313 g/mol. The van der Waals surface area contributed by atoms with Gasteiger partial charge in [-0.25, -0.2) is 13.6 Å². The van der Waals surface area contributed by atoms with E-state index in [1.807, 2.05) is 19.9 Å². The van der Waals surface area contributed by atoms with E-state index in [1.54, 1.807) is 12.1 Å². The van der Waals surface area contributed by atoms with Crippen molar-refractivity contribution in [1.29, 1.82) is 0 Å². The van der Waals surface area contributed by atoms with Crippen molar-refractivity contribution in [2.45, 2.75) is 37.6 Å². The predicted octanol–water partition coefficient (Wildman–Crippen LogP) is 0.901. The molecular weight excluding hydrogens is 290 g/mol. The molecule has 0 saturated heterocycles. The van der Waals surface area contributed by atoms with E-state index in [4.69, 9.17) is 5.14 Å². The largest absolute Gasteiger partial charge is 0.356 e. The number of rotatable bonds is 8. The molecule has 1 aromatic carbocycles. The van der Waals surface area contributed by atoms with Crippen LogP contribution < -0.4 is 15.8 Å². The summed E-state index contributed by atoms with van der Waals surface area (Å²) in [6, 6.07) is 6.42. The van der Waals surface area contributed by atoms with Crippen LogP contribution in [0.4, 0.5) is 0 Å². The van der Waals surface area contributed by atoms with Crippen molar-refractivity contribution < 1.29 is 13.2 Å². The fourth-order valence-electron chi connectivity index (χ4n) is 1.83. The molecule has 0 radical (unpaired) electrons. The van der Waals surface area contributed by atoms with Gasteiger partial charge in [-0.2, -0.15) is 0 Å². The minimum Gasteiger partial charge on any atom is -0.356 e. The Bertz CT molecular complexity index is 573. The van der Waals surface area contributed by atoms with Crippen LogP contribution in [0.1, 0.15) is 38.3 Å². The highest BCUT2D eigenvalue weighted by Crippen LogP contribution is 2.16. The molecule has 6 nitrogen and oxygen atoms in total. The number of carbonyl (C=O) groups excluding carboxylic acids is 1. The maximum Gasteiger partial charge on any atom is 0.238 e. The van der Waals surface area contributed by atoms with Gasteiger partial charge in [0.05, 0.1) is 4.90 Å². The molecule has 0 aromatic heterocycles. The molecule has 0 spiro atoms. The lowest BCUT2D eigenvalue weighted by atomic mass is 10.1. The van der Waals surface area contributed by atoms with Crippen molar-refractivity contribution in [2.75, 3.05) is 13.1 Å². The highest BCUT2D eigenvalue weighted by molar-refractivity contribution is 7.89. The Morgan fingerprint density at radius 1 is 1.33 bits per heavy atom. The van der Waals surface area contributed by atoms with Crippen molar-refractivity contribution in [3.05, 3.63) is 29.8 Å². The van der Waals surface area contributed by atoms with Crippen LogP contribution in [0.25, 0.3) is 0 Å². The summed E-state index contributed by atoms with van der Waals surface area (Å²) in [5.74, 6) is 0.00911. The van der Waals surface area contributed by atoms with Crippen LogP contribution in [-0.4, -0.2) is 27.4 Å². The van der Waals surface area contributed by atoms with Crippen LogP contribution in [0.3, 0.4) is 0 Å². The number of nitrogens with one attached hydrogen (secondary N) is 2. The minimum absolute atomic E-state index is 0.00911. The first-order chi connectivity index (χ1) is 9.84. The number of benzene rings is 1. The lowest BCUT2D eigenvalue weighted by Gasteiger charge is -2.15. The highest BCUT2D eigenvalue weighted by Gasteiger charge is 2.11. The van der Waals surface area contributed by atoms with Crippen molar-refractivity contribution in [3.8, 4) is 0 Å². The normalized spacial score (nSPS) is 12.9. The maximum atomic E-state index is 11.5. The molecule has 4 N–H and O–H groups in total. The lowest BCUT2D eigenvalue weighted by Crippen LogP contribution is -2.29. The van der Waals surface area contributed by atoms with Gasteiger partial charge in [0, 0.05) is 25.6 Å². The number of primary sulfonamides is 1. The van der Waals surface area contributed by atoms with Gasteiger partial charge < -0.3 is 10.6 Å².